The Morgan fingerprint density at radius 1 is 0.417 bits per heavy atom. The van der Waals surface area contributed by atoms with Crippen molar-refractivity contribution in [3.05, 3.63) is 0 Å². The summed E-state index contributed by atoms with van der Waals surface area (Å²) in [7, 11) is 7.61. The monoisotopic (exact) mass is 743 g/mol. The van der Waals surface area contributed by atoms with Crippen molar-refractivity contribution in [1.29, 1.82) is 0 Å². The fourth-order valence-electron chi connectivity index (χ4n) is 5.26. The van der Waals surface area contributed by atoms with Crippen LogP contribution in [0.15, 0.2) is 0 Å². The summed E-state index contributed by atoms with van der Waals surface area (Å²) >= 11 is -4.75. The van der Waals surface area contributed by atoms with E-state index >= 15 is 0 Å². The van der Waals surface area contributed by atoms with Gasteiger partial charge in [-0.15, -0.1) is 0 Å². The van der Waals surface area contributed by atoms with Crippen molar-refractivity contribution in [2.45, 2.75) is 200 Å². The molecule has 217 valence electrons. The van der Waals surface area contributed by atoms with Crippen LogP contribution in [0.5, 0.6) is 0 Å². The van der Waals surface area contributed by atoms with Gasteiger partial charge >= 0.3 is 248 Å². The zero-order valence-electron chi connectivity index (χ0n) is 25.6. The molecule has 0 aliphatic rings. The molecule has 0 N–H and O–H groups in total. The summed E-state index contributed by atoms with van der Waals surface area (Å²) in [5, 5.41) is 0. The van der Waals surface area contributed by atoms with E-state index in [0.29, 0.717) is 0 Å². The van der Waals surface area contributed by atoms with Gasteiger partial charge in [0.25, 0.3) is 0 Å². The molecule has 4 heteroatoms. The Morgan fingerprint density at radius 2 is 0.694 bits per heavy atom. The predicted octanol–water partition coefficient (Wildman–Crippen LogP) is 13.1. The molecule has 1 nitrogen and oxygen atoms in total. The average Bonchev–Trinajstić information content (AvgIpc) is 2.87. The molecule has 0 unspecified atom stereocenters. The Balaban J connectivity index is 4.80. The molecular weight excluding hydrogens is 673 g/mol. The summed E-state index contributed by atoms with van der Waals surface area (Å²) in [5.41, 5.74) is 0. The van der Waals surface area contributed by atoms with Crippen LogP contribution in [0.1, 0.15) is 182 Å². The normalized spacial score (nSPS) is 12.2. The van der Waals surface area contributed by atoms with Crippen LogP contribution in [0.3, 0.4) is 0 Å². The molecule has 0 bridgehead atoms. The predicted molar refractivity (Wildman–Crippen MR) is 171 cm³/mol. The van der Waals surface area contributed by atoms with Gasteiger partial charge in [-0.3, -0.25) is 0 Å². The summed E-state index contributed by atoms with van der Waals surface area (Å²) in [6.07, 6.45) is 33.6. The van der Waals surface area contributed by atoms with Gasteiger partial charge in [-0.25, -0.2) is 0 Å². The van der Waals surface area contributed by atoms with Gasteiger partial charge in [-0.2, -0.15) is 0 Å². The number of rotatable bonds is 30. The van der Waals surface area contributed by atoms with Gasteiger partial charge in [-0.05, 0) is 0 Å². The minimum absolute atomic E-state index is 1.30. The van der Waals surface area contributed by atoms with Crippen LogP contribution in [0.2, 0.25) is 17.7 Å². The van der Waals surface area contributed by atoms with E-state index < -0.39 is 37.8 Å². The molecule has 0 aromatic heterocycles. The van der Waals surface area contributed by atoms with E-state index in [0.717, 1.165) is 0 Å². The average molecular weight is 742 g/mol. The zero-order chi connectivity index (χ0) is 26.6. The molecule has 0 atom stereocenters. The van der Waals surface area contributed by atoms with E-state index in [2.05, 4.69) is 27.7 Å². The van der Waals surface area contributed by atoms with Gasteiger partial charge in [0.05, 0.1) is 0 Å². The molecule has 0 saturated carbocycles. The van der Waals surface area contributed by atoms with Crippen molar-refractivity contribution in [1.82, 2.24) is 0 Å². The molecule has 1 radical (unpaired) electrons. The maximum atomic E-state index is 7.61. The Kier molecular flexibility index (Phi) is 31.4. The first-order chi connectivity index (χ1) is 17.6. The molecular formula is C32H68ClOSn2. The van der Waals surface area contributed by atoms with Crippen LogP contribution in [0.25, 0.3) is 0 Å². The Labute approximate surface area is 245 Å². The zero-order valence-corrected chi connectivity index (χ0v) is 32.0. The molecule has 0 amide bonds. The SMILES string of the molecule is CCCCCCC[CH2][Sn]([CH2]CCCCCCC)[O][Sn]([Cl])([CH2]CCCCCCC)[CH2]CCCCCCC. The summed E-state index contributed by atoms with van der Waals surface area (Å²) < 4.78 is 12.8. The molecule has 36 heavy (non-hydrogen) atoms. The van der Waals surface area contributed by atoms with Gasteiger partial charge in [0, 0.05) is 0 Å². The molecule has 0 aromatic rings. The van der Waals surface area contributed by atoms with E-state index in [1.807, 2.05) is 0 Å². The topological polar surface area (TPSA) is 9.23 Å². The van der Waals surface area contributed by atoms with Crippen molar-refractivity contribution in [2.24, 2.45) is 0 Å². The first-order valence-corrected chi connectivity index (χ1v) is 30.9. The van der Waals surface area contributed by atoms with Crippen LogP contribution >= 0.6 is 8.92 Å². The van der Waals surface area contributed by atoms with Gasteiger partial charge in [0.15, 0.2) is 0 Å². The van der Waals surface area contributed by atoms with Crippen molar-refractivity contribution < 1.29 is 1.41 Å². The van der Waals surface area contributed by atoms with Crippen LogP contribution in [0, 0.1) is 0 Å². The molecule has 0 spiro atoms. The molecule has 0 aliphatic carbocycles. The Hall–Kier alpha value is 1.85. The summed E-state index contributed by atoms with van der Waals surface area (Å²) in [6.45, 7) is 9.27. The van der Waals surface area contributed by atoms with Crippen LogP contribution in [-0.2, 0) is 1.41 Å². The second-order valence-corrected chi connectivity index (χ2v) is 34.5. The third-order valence-corrected chi connectivity index (χ3v) is 39.6. The van der Waals surface area contributed by atoms with Crippen LogP contribution in [-0.4, -0.2) is 37.8 Å². The fraction of sp³-hybridized carbons (Fsp3) is 1.00. The Bertz CT molecular complexity index is 389. The maximum absolute atomic E-state index is 7.61. The summed E-state index contributed by atoms with van der Waals surface area (Å²) in [5.74, 6) is 0. The van der Waals surface area contributed by atoms with E-state index in [1.54, 1.807) is 0 Å². The molecule has 0 fully saturated rings. The van der Waals surface area contributed by atoms with Gasteiger partial charge in [0.1, 0.15) is 0 Å². The van der Waals surface area contributed by atoms with Crippen LogP contribution < -0.4 is 0 Å². The molecule has 0 aliphatic heterocycles. The van der Waals surface area contributed by atoms with E-state index in [-0.39, 0.29) is 0 Å². The fourth-order valence-corrected chi connectivity index (χ4v) is 41.9. The minimum atomic E-state index is -2.93. The van der Waals surface area contributed by atoms with E-state index in [9.17, 15) is 0 Å². The van der Waals surface area contributed by atoms with Gasteiger partial charge in [0.2, 0.25) is 0 Å². The van der Waals surface area contributed by atoms with Crippen molar-refractivity contribution >= 4 is 46.8 Å². The second kappa shape index (κ2) is 29.8. The van der Waals surface area contributed by atoms with E-state index in [1.165, 1.54) is 172 Å². The van der Waals surface area contributed by atoms with E-state index in [4.69, 9.17) is 10.3 Å². The number of hydrogen-bond acceptors (Lipinski definition) is 1. The first-order valence-electron chi connectivity index (χ1n) is 16.8. The third-order valence-electron chi connectivity index (χ3n) is 7.75. The van der Waals surface area contributed by atoms with Crippen molar-refractivity contribution in [3.8, 4) is 0 Å². The molecule has 0 rings (SSSR count). The second-order valence-electron chi connectivity index (χ2n) is 11.6. The summed E-state index contributed by atoms with van der Waals surface area (Å²) in [4.78, 5) is 0. The standard InChI is InChI=1S/4C8H17.ClH.O.2Sn/c4*1-3-5-7-8-6-4-2;;;;/h4*1,3-8H2,2H3;1H;;;/q;;;;;;;+1/p-1. The van der Waals surface area contributed by atoms with Crippen molar-refractivity contribution in [3.63, 3.8) is 0 Å². The molecule has 0 aromatic carbocycles. The number of unbranched alkanes of at least 4 members (excludes halogenated alkanes) is 20. The van der Waals surface area contributed by atoms with Gasteiger partial charge in [-0.1, -0.05) is 0 Å². The Morgan fingerprint density at radius 3 is 1.03 bits per heavy atom. The summed E-state index contributed by atoms with van der Waals surface area (Å²) in [6, 6.07) is 0. The van der Waals surface area contributed by atoms with Crippen molar-refractivity contribution in [2.75, 3.05) is 0 Å². The number of halogens is 1. The first kappa shape index (κ1) is 37.8. The molecule has 0 heterocycles. The number of hydrogen-bond donors (Lipinski definition) is 0. The quantitative estimate of drug-likeness (QED) is 0.0526. The third kappa shape index (κ3) is 26.1. The molecule has 0 saturated heterocycles. The van der Waals surface area contributed by atoms with Crippen LogP contribution in [0.4, 0.5) is 0 Å². The van der Waals surface area contributed by atoms with Gasteiger partial charge < -0.3 is 0 Å².